The molecule has 0 fully saturated rings. The van der Waals surface area contributed by atoms with Crippen molar-refractivity contribution in [3.63, 3.8) is 0 Å². The van der Waals surface area contributed by atoms with Crippen LogP contribution >= 0.6 is 11.3 Å². The molecule has 0 aliphatic carbocycles. The second-order valence-corrected chi connectivity index (χ2v) is 5.21. The second kappa shape index (κ2) is 5.98. The molecule has 0 amide bonds. The molecule has 0 aliphatic heterocycles. The van der Waals surface area contributed by atoms with Crippen molar-refractivity contribution in [2.45, 2.75) is 26.3 Å². The highest BCUT2D eigenvalue weighted by atomic mass is 32.1. The molecule has 0 saturated carbocycles. The van der Waals surface area contributed by atoms with Crippen LogP contribution in [0.25, 0.3) is 11.3 Å². The lowest BCUT2D eigenvalue weighted by molar-refractivity contribution is 0.340. The summed E-state index contributed by atoms with van der Waals surface area (Å²) in [6, 6.07) is 8.18. The average Bonchev–Trinajstić information content (AvgIpc) is 2.78. The summed E-state index contributed by atoms with van der Waals surface area (Å²) in [6.45, 7) is 4.67. The van der Waals surface area contributed by atoms with Gasteiger partial charge in [-0.15, -0.1) is 11.3 Å². The molecule has 1 atom stereocenters. The fourth-order valence-corrected chi connectivity index (χ4v) is 2.65. The molecule has 2 N–H and O–H groups in total. The number of hydrogen-bond acceptors (Lipinski definition) is 4. The van der Waals surface area contributed by atoms with Gasteiger partial charge in [-0.25, -0.2) is 4.98 Å². The summed E-state index contributed by atoms with van der Waals surface area (Å²) in [5.74, 6) is 0.896. The van der Waals surface area contributed by atoms with E-state index in [9.17, 15) is 0 Å². The maximum atomic E-state index is 5.78. The third-order valence-electron chi connectivity index (χ3n) is 2.51. The van der Waals surface area contributed by atoms with Crippen LogP contribution in [-0.4, -0.2) is 17.6 Å². The number of hydrogen-bond donors (Lipinski definition) is 1. The van der Waals surface area contributed by atoms with Crippen LogP contribution in [0.2, 0.25) is 0 Å². The Morgan fingerprint density at radius 2 is 2.06 bits per heavy atom. The minimum Gasteiger partial charge on any atom is -0.494 e. The first-order chi connectivity index (χ1) is 8.69. The summed E-state index contributed by atoms with van der Waals surface area (Å²) in [4.78, 5) is 4.59. The van der Waals surface area contributed by atoms with Crippen LogP contribution in [0.1, 0.15) is 18.9 Å². The van der Waals surface area contributed by atoms with Gasteiger partial charge in [-0.3, -0.25) is 0 Å². The van der Waals surface area contributed by atoms with E-state index >= 15 is 0 Å². The van der Waals surface area contributed by atoms with E-state index in [2.05, 4.69) is 10.4 Å². The number of ether oxygens (including phenoxy) is 1. The zero-order chi connectivity index (χ0) is 13.0. The van der Waals surface area contributed by atoms with Gasteiger partial charge in [0, 0.05) is 23.4 Å². The van der Waals surface area contributed by atoms with Crippen LogP contribution in [0.5, 0.6) is 5.75 Å². The van der Waals surface area contributed by atoms with Gasteiger partial charge >= 0.3 is 0 Å². The number of aromatic nitrogens is 1. The Balaban J connectivity index is 2.13. The highest BCUT2D eigenvalue weighted by molar-refractivity contribution is 7.09. The smallest absolute Gasteiger partial charge is 0.119 e. The third kappa shape index (κ3) is 3.31. The summed E-state index contributed by atoms with van der Waals surface area (Å²) in [5, 5.41) is 3.17. The van der Waals surface area contributed by atoms with Crippen LogP contribution in [0, 0.1) is 0 Å². The van der Waals surface area contributed by atoms with Gasteiger partial charge in [0.15, 0.2) is 0 Å². The summed E-state index contributed by atoms with van der Waals surface area (Å²) >= 11 is 1.66. The Morgan fingerprint density at radius 1 is 1.33 bits per heavy atom. The van der Waals surface area contributed by atoms with E-state index < -0.39 is 0 Å². The topological polar surface area (TPSA) is 48.1 Å². The Bertz CT molecular complexity index is 491. The van der Waals surface area contributed by atoms with Crippen LogP contribution in [0.15, 0.2) is 29.6 Å². The van der Waals surface area contributed by atoms with Gasteiger partial charge in [0.25, 0.3) is 0 Å². The van der Waals surface area contributed by atoms with Crippen molar-refractivity contribution < 1.29 is 4.74 Å². The van der Waals surface area contributed by atoms with E-state index in [4.69, 9.17) is 10.5 Å². The summed E-state index contributed by atoms with van der Waals surface area (Å²) in [6.07, 6.45) is 0.835. The zero-order valence-electron chi connectivity index (χ0n) is 10.7. The van der Waals surface area contributed by atoms with Gasteiger partial charge in [0.1, 0.15) is 5.75 Å². The Kier molecular flexibility index (Phi) is 4.33. The molecule has 0 saturated heterocycles. The molecule has 0 radical (unpaired) electrons. The Labute approximate surface area is 112 Å². The first-order valence-electron chi connectivity index (χ1n) is 6.12. The van der Waals surface area contributed by atoms with E-state index in [1.165, 1.54) is 0 Å². The fourth-order valence-electron chi connectivity index (χ4n) is 1.70. The van der Waals surface area contributed by atoms with E-state index in [1.54, 1.807) is 11.3 Å². The highest BCUT2D eigenvalue weighted by Crippen LogP contribution is 2.24. The first-order valence-corrected chi connectivity index (χ1v) is 7.00. The molecule has 96 valence electrons. The SMILES string of the molecule is CCOc1ccc(-c2csc(CC(C)N)n2)cc1. The van der Waals surface area contributed by atoms with Gasteiger partial charge in [-0.05, 0) is 38.1 Å². The van der Waals surface area contributed by atoms with Gasteiger partial charge in [0.2, 0.25) is 0 Å². The van der Waals surface area contributed by atoms with Crippen molar-refractivity contribution in [1.82, 2.24) is 4.98 Å². The molecule has 1 aromatic heterocycles. The Morgan fingerprint density at radius 3 is 2.67 bits per heavy atom. The lowest BCUT2D eigenvalue weighted by atomic mass is 10.2. The second-order valence-electron chi connectivity index (χ2n) is 4.27. The molecule has 1 heterocycles. The maximum absolute atomic E-state index is 5.78. The molecule has 1 aromatic carbocycles. The molecule has 4 heteroatoms. The molecule has 0 spiro atoms. The Hall–Kier alpha value is -1.39. The lowest BCUT2D eigenvalue weighted by Crippen LogP contribution is -2.17. The fraction of sp³-hybridized carbons (Fsp3) is 0.357. The molecule has 0 aliphatic rings. The highest BCUT2D eigenvalue weighted by Gasteiger charge is 2.06. The van der Waals surface area contributed by atoms with E-state index in [-0.39, 0.29) is 6.04 Å². The molecule has 3 nitrogen and oxygen atoms in total. The predicted molar refractivity (Wildman–Crippen MR) is 76.1 cm³/mol. The van der Waals surface area contributed by atoms with Gasteiger partial charge in [0.05, 0.1) is 17.3 Å². The number of rotatable bonds is 5. The predicted octanol–water partition coefficient (Wildman–Crippen LogP) is 3.10. The molecule has 0 bridgehead atoms. The quantitative estimate of drug-likeness (QED) is 0.900. The molecule has 2 aromatic rings. The largest absolute Gasteiger partial charge is 0.494 e. The minimum atomic E-state index is 0.157. The lowest BCUT2D eigenvalue weighted by Gasteiger charge is -2.03. The standard InChI is InChI=1S/C14H18N2OS/c1-3-17-12-6-4-11(5-7-12)13-9-18-14(16-13)8-10(2)15/h4-7,9-10H,3,8,15H2,1-2H3. The van der Waals surface area contributed by atoms with Crippen LogP contribution in [-0.2, 0) is 6.42 Å². The number of nitrogens with zero attached hydrogens (tertiary/aromatic N) is 1. The van der Waals surface area contributed by atoms with Gasteiger partial charge in [-0.1, -0.05) is 0 Å². The molecule has 18 heavy (non-hydrogen) atoms. The van der Waals surface area contributed by atoms with Crippen molar-refractivity contribution in [3.05, 3.63) is 34.7 Å². The molecular weight excluding hydrogens is 244 g/mol. The number of thiazole rings is 1. The monoisotopic (exact) mass is 262 g/mol. The molecule has 1 unspecified atom stereocenters. The van der Waals surface area contributed by atoms with Crippen LogP contribution in [0.3, 0.4) is 0 Å². The summed E-state index contributed by atoms with van der Waals surface area (Å²) in [5.41, 5.74) is 7.90. The summed E-state index contributed by atoms with van der Waals surface area (Å²) < 4.78 is 5.42. The summed E-state index contributed by atoms with van der Waals surface area (Å²) in [7, 11) is 0. The third-order valence-corrected chi connectivity index (χ3v) is 3.38. The van der Waals surface area contributed by atoms with Crippen molar-refractivity contribution in [1.29, 1.82) is 0 Å². The van der Waals surface area contributed by atoms with E-state index in [0.29, 0.717) is 6.61 Å². The normalized spacial score (nSPS) is 12.4. The number of benzene rings is 1. The number of nitrogens with two attached hydrogens (primary N) is 1. The molecule has 2 rings (SSSR count). The van der Waals surface area contributed by atoms with Crippen molar-refractivity contribution in [3.8, 4) is 17.0 Å². The van der Waals surface area contributed by atoms with Crippen molar-refractivity contribution in [2.75, 3.05) is 6.61 Å². The van der Waals surface area contributed by atoms with Gasteiger partial charge < -0.3 is 10.5 Å². The zero-order valence-corrected chi connectivity index (χ0v) is 11.5. The average molecular weight is 262 g/mol. The van der Waals surface area contributed by atoms with Crippen LogP contribution < -0.4 is 10.5 Å². The van der Waals surface area contributed by atoms with Crippen molar-refractivity contribution >= 4 is 11.3 Å². The van der Waals surface area contributed by atoms with E-state index in [0.717, 1.165) is 28.4 Å². The molecular formula is C14H18N2OS. The van der Waals surface area contributed by atoms with Gasteiger partial charge in [-0.2, -0.15) is 0 Å². The van der Waals surface area contributed by atoms with Crippen molar-refractivity contribution in [2.24, 2.45) is 5.73 Å². The first kappa shape index (κ1) is 13.1. The minimum absolute atomic E-state index is 0.157. The van der Waals surface area contributed by atoms with Crippen LogP contribution in [0.4, 0.5) is 0 Å². The maximum Gasteiger partial charge on any atom is 0.119 e. The van der Waals surface area contributed by atoms with E-state index in [1.807, 2.05) is 38.1 Å².